The van der Waals surface area contributed by atoms with Crippen molar-refractivity contribution in [1.29, 1.82) is 0 Å². The SMILES string of the molecule is O=C([O-])c1cc(-c2ccc3c(c2)OCCO3)nc2ccccc12. The number of ether oxygens (including phenoxy) is 2. The summed E-state index contributed by atoms with van der Waals surface area (Å²) < 4.78 is 11.1. The van der Waals surface area contributed by atoms with Gasteiger partial charge in [0, 0.05) is 16.5 Å². The third-order valence-corrected chi connectivity index (χ3v) is 3.77. The average Bonchev–Trinajstić information content (AvgIpc) is 2.60. The maximum Gasteiger partial charge on any atom is 0.162 e. The van der Waals surface area contributed by atoms with Crippen molar-refractivity contribution >= 4 is 16.9 Å². The van der Waals surface area contributed by atoms with Crippen LogP contribution >= 0.6 is 0 Å². The van der Waals surface area contributed by atoms with E-state index >= 15 is 0 Å². The first-order valence-electron chi connectivity index (χ1n) is 7.23. The highest BCUT2D eigenvalue weighted by molar-refractivity contribution is 6.02. The minimum Gasteiger partial charge on any atom is -0.545 e. The maximum absolute atomic E-state index is 11.4. The first-order chi connectivity index (χ1) is 11.2. The van der Waals surface area contributed by atoms with Crippen LogP contribution in [0.2, 0.25) is 0 Å². The molecule has 1 aromatic heterocycles. The molecule has 0 spiro atoms. The highest BCUT2D eigenvalue weighted by Gasteiger charge is 2.14. The number of para-hydroxylation sites is 1. The van der Waals surface area contributed by atoms with Gasteiger partial charge in [0.15, 0.2) is 11.5 Å². The zero-order valence-electron chi connectivity index (χ0n) is 12.1. The van der Waals surface area contributed by atoms with Crippen molar-refractivity contribution in [2.75, 3.05) is 13.2 Å². The zero-order chi connectivity index (χ0) is 15.8. The van der Waals surface area contributed by atoms with Crippen LogP contribution in [0.15, 0.2) is 48.5 Å². The van der Waals surface area contributed by atoms with Gasteiger partial charge in [-0.15, -0.1) is 0 Å². The van der Waals surface area contributed by atoms with Crippen LogP contribution in [0.25, 0.3) is 22.2 Å². The number of aromatic carboxylic acids is 1. The molecule has 1 aliphatic rings. The Bertz CT molecular complexity index is 920. The van der Waals surface area contributed by atoms with E-state index in [0.29, 0.717) is 41.3 Å². The fraction of sp³-hybridized carbons (Fsp3) is 0.111. The highest BCUT2D eigenvalue weighted by atomic mass is 16.6. The van der Waals surface area contributed by atoms with Crippen LogP contribution in [-0.4, -0.2) is 24.2 Å². The molecule has 0 N–H and O–H groups in total. The number of carboxylic acids is 1. The van der Waals surface area contributed by atoms with Crippen molar-refractivity contribution in [2.24, 2.45) is 0 Å². The molecule has 4 rings (SSSR count). The highest BCUT2D eigenvalue weighted by Crippen LogP contribution is 2.34. The van der Waals surface area contributed by atoms with Gasteiger partial charge >= 0.3 is 0 Å². The number of hydrogen-bond donors (Lipinski definition) is 0. The van der Waals surface area contributed by atoms with Gasteiger partial charge in [0.2, 0.25) is 0 Å². The van der Waals surface area contributed by atoms with Gasteiger partial charge in [0.1, 0.15) is 13.2 Å². The summed E-state index contributed by atoms with van der Waals surface area (Å²) in [6.07, 6.45) is 0. The lowest BCUT2D eigenvalue weighted by Crippen LogP contribution is -2.22. The third kappa shape index (κ3) is 2.36. The lowest BCUT2D eigenvalue weighted by atomic mass is 10.0. The molecular weight excluding hydrogens is 294 g/mol. The summed E-state index contributed by atoms with van der Waals surface area (Å²) in [6.45, 7) is 1.02. The Morgan fingerprint density at radius 2 is 1.78 bits per heavy atom. The molecule has 114 valence electrons. The summed E-state index contributed by atoms with van der Waals surface area (Å²) in [7, 11) is 0. The predicted octanol–water partition coefficient (Wildman–Crippen LogP) is 2.04. The number of fused-ring (bicyclic) bond motifs is 2. The third-order valence-electron chi connectivity index (χ3n) is 3.77. The maximum atomic E-state index is 11.4. The largest absolute Gasteiger partial charge is 0.545 e. The summed E-state index contributed by atoms with van der Waals surface area (Å²) in [5, 5.41) is 12.0. The second-order valence-corrected chi connectivity index (χ2v) is 5.22. The molecule has 0 saturated carbocycles. The lowest BCUT2D eigenvalue weighted by molar-refractivity contribution is -0.254. The van der Waals surface area contributed by atoms with Crippen molar-refractivity contribution in [1.82, 2.24) is 4.98 Å². The zero-order valence-corrected chi connectivity index (χ0v) is 12.1. The Balaban J connectivity index is 1.90. The second kappa shape index (κ2) is 5.28. The number of rotatable bonds is 2. The molecular formula is C18H12NO4-. The lowest BCUT2D eigenvalue weighted by Gasteiger charge is -2.19. The van der Waals surface area contributed by atoms with E-state index < -0.39 is 5.97 Å². The molecule has 0 fully saturated rings. The summed E-state index contributed by atoms with van der Waals surface area (Å²) in [6, 6.07) is 14.1. The van der Waals surface area contributed by atoms with Gasteiger partial charge in [-0.3, -0.25) is 0 Å². The van der Waals surface area contributed by atoms with Crippen LogP contribution in [-0.2, 0) is 0 Å². The van der Waals surface area contributed by atoms with Crippen LogP contribution in [0.3, 0.4) is 0 Å². The van der Waals surface area contributed by atoms with E-state index in [-0.39, 0.29) is 5.56 Å². The van der Waals surface area contributed by atoms with Gasteiger partial charge in [-0.05, 0) is 30.3 Å². The van der Waals surface area contributed by atoms with Crippen LogP contribution in [0, 0.1) is 0 Å². The Kier molecular flexibility index (Phi) is 3.12. The van der Waals surface area contributed by atoms with Gasteiger partial charge in [0.25, 0.3) is 0 Å². The number of pyridine rings is 1. The normalized spacial score (nSPS) is 13.0. The van der Waals surface area contributed by atoms with Crippen LogP contribution in [0.1, 0.15) is 10.4 Å². The fourth-order valence-electron chi connectivity index (χ4n) is 2.69. The fourth-order valence-corrected chi connectivity index (χ4v) is 2.69. The molecule has 0 aliphatic carbocycles. The first kappa shape index (κ1) is 13.6. The molecule has 5 heteroatoms. The van der Waals surface area contributed by atoms with E-state index in [1.165, 1.54) is 6.07 Å². The van der Waals surface area contributed by atoms with Gasteiger partial charge in [-0.1, -0.05) is 18.2 Å². The smallest absolute Gasteiger partial charge is 0.162 e. The topological polar surface area (TPSA) is 71.5 Å². The minimum absolute atomic E-state index is 0.125. The number of aromatic nitrogens is 1. The van der Waals surface area contributed by atoms with Crippen molar-refractivity contribution in [3.8, 4) is 22.8 Å². The molecule has 3 aromatic rings. The summed E-state index contributed by atoms with van der Waals surface area (Å²) >= 11 is 0. The van der Waals surface area contributed by atoms with E-state index in [1.807, 2.05) is 18.2 Å². The molecule has 1 aliphatic heterocycles. The summed E-state index contributed by atoms with van der Waals surface area (Å²) in [5.74, 6) is 0.0991. The van der Waals surface area contributed by atoms with Gasteiger partial charge in [-0.2, -0.15) is 0 Å². The molecule has 2 aromatic carbocycles. The van der Waals surface area contributed by atoms with E-state index in [4.69, 9.17) is 9.47 Å². The number of carboxylic acid groups (broad SMARTS) is 1. The van der Waals surface area contributed by atoms with E-state index in [2.05, 4.69) is 4.98 Å². The molecule has 0 saturated heterocycles. The monoisotopic (exact) mass is 306 g/mol. The Morgan fingerprint density at radius 1 is 1.00 bits per heavy atom. The number of carbonyl (C=O) groups excluding carboxylic acids is 1. The second-order valence-electron chi connectivity index (χ2n) is 5.22. The number of hydrogen-bond acceptors (Lipinski definition) is 5. The van der Waals surface area contributed by atoms with Crippen molar-refractivity contribution in [2.45, 2.75) is 0 Å². The molecule has 23 heavy (non-hydrogen) atoms. The van der Waals surface area contributed by atoms with Crippen LogP contribution < -0.4 is 14.6 Å². The Labute approximate surface area is 132 Å². The molecule has 0 atom stereocenters. The van der Waals surface area contributed by atoms with E-state index in [1.54, 1.807) is 24.3 Å². The van der Waals surface area contributed by atoms with Crippen LogP contribution in [0.4, 0.5) is 0 Å². The number of benzene rings is 2. The van der Waals surface area contributed by atoms with Crippen molar-refractivity contribution in [3.05, 3.63) is 54.1 Å². The Hall–Kier alpha value is -3.08. The molecule has 0 amide bonds. The molecule has 0 radical (unpaired) electrons. The van der Waals surface area contributed by atoms with Gasteiger partial charge in [0.05, 0.1) is 17.2 Å². The first-order valence-corrected chi connectivity index (χ1v) is 7.23. The van der Waals surface area contributed by atoms with E-state index in [0.717, 1.165) is 5.56 Å². The number of nitrogens with zero attached hydrogens (tertiary/aromatic N) is 1. The molecule has 5 nitrogen and oxygen atoms in total. The van der Waals surface area contributed by atoms with E-state index in [9.17, 15) is 9.90 Å². The molecule has 0 unspecified atom stereocenters. The quantitative estimate of drug-likeness (QED) is 0.724. The standard InChI is InChI=1S/C18H13NO4/c20-18(21)13-10-15(19-14-4-2-1-3-12(13)14)11-5-6-16-17(9-11)23-8-7-22-16/h1-6,9-10H,7-8H2,(H,20,21)/p-1. The average molecular weight is 306 g/mol. The van der Waals surface area contributed by atoms with Crippen molar-refractivity contribution < 1.29 is 19.4 Å². The predicted molar refractivity (Wildman–Crippen MR) is 82.5 cm³/mol. The molecule has 0 bridgehead atoms. The van der Waals surface area contributed by atoms with Gasteiger partial charge < -0.3 is 19.4 Å². The van der Waals surface area contributed by atoms with Crippen molar-refractivity contribution in [3.63, 3.8) is 0 Å². The summed E-state index contributed by atoms with van der Waals surface area (Å²) in [4.78, 5) is 16.0. The van der Waals surface area contributed by atoms with Gasteiger partial charge in [-0.25, -0.2) is 4.98 Å². The number of carbonyl (C=O) groups is 1. The molecule has 2 heterocycles. The Morgan fingerprint density at radius 3 is 2.61 bits per heavy atom. The van der Waals surface area contributed by atoms with Crippen LogP contribution in [0.5, 0.6) is 11.5 Å². The summed E-state index contributed by atoms with van der Waals surface area (Å²) in [5.41, 5.74) is 2.06. The minimum atomic E-state index is -1.22.